The molecule has 1 saturated carbocycles. The van der Waals surface area contributed by atoms with Crippen LogP contribution >= 0.6 is 0 Å². The van der Waals surface area contributed by atoms with E-state index in [-0.39, 0.29) is 5.91 Å². The van der Waals surface area contributed by atoms with E-state index in [0.29, 0.717) is 12.6 Å². The van der Waals surface area contributed by atoms with Gasteiger partial charge < -0.3 is 9.47 Å². The first-order valence-electron chi connectivity index (χ1n) is 7.32. The van der Waals surface area contributed by atoms with Gasteiger partial charge in [0, 0.05) is 12.6 Å². The largest absolute Gasteiger partial charge is 0.497 e. The smallest absolute Gasteiger partial charge is 0.413 e. The summed E-state index contributed by atoms with van der Waals surface area (Å²) in [4.78, 5) is 25.4. The molecule has 0 aromatic heterocycles. The number of alkyl carbamates (subject to hydrolysis) is 1. The molecular weight excluding hydrogens is 284 g/mol. The van der Waals surface area contributed by atoms with Gasteiger partial charge in [-0.3, -0.25) is 15.0 Å². The highest BCUT2D eigenvalue weighted by Crippen LogP contribution is 2.30. The van der Waals surface area contributed by atoms with Crippen molar-refractivity contribution in [1.82, 2.24) is 10.2 Å². The Morgan fingerprint density at radius 3 is 2.41 bits per heavy atom. The molecular formula is C16H22N2O4. The molecule has 0 spiro atoms. The Kier molecular flexibility index (Phi) is 5.38. The van der Waals surface area contributed by atoms with E-state index in [9.17, 15) is 9.59 Å². The minimum atomic E-state index is -0.725. The second-order valence-corrected chi connectivity index (χ2v) is 5.41. The van der Waals surface area contributed by atoms with Gasteiger partial charge >= 0.3 is 6.09 Å². The second kappa shape index (κ2) is 7.26. The predicted octanol–water partition coefficient (Wildman–Crippen LogP) is 1.93. The number of rotatable bonds is 6. The van der Waals surface area contributed by atoms with Gasteiger partial charge in [-0.2, -0.15) is 0 Å². The quantitative estimate of drug-likeness (QED) is 0.870. The van der Waals surface area contributed by atoms with E-state index in [1.807, 2.05) is 24.3 Å². The molecule has 0 heterocycles. The first-order valence-corrected chi connectivity index (χ1v) is 7.32. The van der Waals surface area contributed by atoms with Crippen molar-refractivity contribution in [1.29, 1.82) is 0 Å². The van der Waals surface area contributed by atoms with Gasteiger partial charge in [-0.15, -0.1) is 0 Å². The Morgan fingerprint density at radius 1 is 1.27 bits per heavy atom. The molecule has 6 heteroatoms. The zero-order valence-corrected chi connectivity index (χ0v) is 13.2. The van der Waals surface area contributed by atoms with Crippen molar-refractivity contribution >= 4 is 12.0 Å². The molecule has 120 valence electrons. The van der Waals surface area contributed by atoms with Crippen molar-refractivity contribution in [3.63, 3.8) is 0 Å². The van der Waals surface area contributed by atoms with Crippen LogP contribution in [0, 0.1) is 0 Å². The van der Waals surface area contributed by atoms with Gasteiger partial charge in [-0.25, -0.2) is 4.79 Å². The summed E-state index contributed by atoms with van der Waals surface area (Å²) in [5.74, 6) is 0.463. The molecule has 0 radical (unpaired) electrons. The van der Waals surface area contributed by atoms with Crippen LogP contribution in [-0.4, -0.2) is 43.2 Å². The maximum atomic E-state index is 12.1. The number of hydrogen-bond donors (Lipinski definition) is 1. The first-order chi connectivity index (χ1) is 10.5. The number of amides is 2. The fourth-order valence-electron chi connectivity index (χ4n) is 2.34. The van der Waals surface area contributed by atoms with E-state index in [1.165, 1.54) is 7.11 Å². The van der Waals surface area contributed by atoms with Crippen LogP contribution in [-0.2, 0) is 16.1 Å². The van der Waals surface area contributed by atoms with Gasteiger partial charge in [-0.1, -0.05) is 12.1 Å². The summed E-state index contributed by atoms with van der Waals surface area (Å²) in [6, 6.07) is 7.77. The number of hydrogen-bond acceptors (Lipinski definition) is 5. The van der Waals surface area contributed by atoms with Crippen molar-refractivity contribution in [2.24, 2.45) is 0 Å². The zero-order chi connectivity index (χ0) is 16.1. The molecule has 0 unspecified atom stereocenters. The molecule has 1 aliphatic carbocycles. The van der Waals surface area contributed by atoms with Gasteiger partial charge in [0.15, 0.2) is 0 Å². The lowest BCUT2D eigenvalue weighted by Crippen LogP contribution is -2.47. The van der Waals surface area contributed by atoms with Crippen LogP contribution in [0.5, 0.6) is 5.75 Å². The first kappa shape index (κ1) is 16.3. The van der Waals surface area contributed by atoms with E-state index >= 15 is 0 Å². The van der Waals surface area contributed by atoms with Crippen molar-refractivity contribution in [3.05, 3.63) is 29.8 Å². The predicted molar refractivity (Wildman–Crippen MR) is 81.6 cm³/mol. The minimum absolute atomic E-state index is 0.340. The molecule has 0 aliphatic heterocycles. The van der Waals surface area contributed by atoms with Gasteiger partial charge in [0.1, 0.15) is 5.75 Å². The molecule has 22 heavy (non-hydrogen) atoms. The van der Waals surface area contributed by atoms with E-state index in [0.717, 1.165) is 24.2 Å². The lowest BCUT2D eigenvalue weighted by atomic mass is 10.1. The third kappa shape index (κ3) is 4.21. The summed E-state index contributed by atoms with van der Waals surface area (Å²) in [6.07, 6.45) is 1.43. The summed E-state index contributed by atoms with van der Waals surface area (Å²) in [5.41, 5.74) is 1.10. The summed E-state index contributed by atoms with van der Waals surface area (Å²) in [6.45, 7) is 2.46. The van der Waals surface area contributed by atoms with Crippen LogP contribution in [0.15, 0.2) is 24.3 Å². The van der Waals surface area contributed by atoms with Crippen LogP contribution in [0.3, 0.4) is 0 Å². The highest BCUT2D eigenvalue weighted by Gasteiger charge is 2.35. The van der Waals surface area contributed by atoms with Crippen molar-refractivity contribution in [2.45, 2.75) is 38.4 Å². The third-order valence-electron chi connectivity index (χ3n) is 3.83. The molecule has 1 atom stereocenters. The Hall–Kier alpha value is -2.08. The highest BCUT2D eigenvalue weighted by molar-refractivity contribution is 5.94. The van der Waals surface area contributed by atoms with Crippen LogP contribution in [0.2, 0.25) is 0 Å². The molecule has 1 aliphatic rings. The van der Waals surface area contributed by atoms with Crippen LogP contribution in [0.25, 0.3) is 0 Å². The second-order valence-electron chi connectivity index (χ2n) is 5.41. The standard InChI is InChI=1S/C16H22N2O4/c1-11(15(19)17-16(20)22-3)18(13-6-7-13)10-12-4-8-14(21-2)9-5-12/h4-5,8-9,11,13H,6-7,10H2,1-3H3,(H,17,19,20)/t11-/m0/s1. The fraction of sp³-hybridized carbons (Fsp3) is 0.500. The van der Waals surface area contributed by atoms with E-state index in [2.05, 4.69) is 15.0 Å². The summed E-state index contributed by atoms with van der Waals surface area (Å²) >= 11 is 0. The molecule has 1 fully saturated rings. The lowest BCUT2D eigenvalue weighted by molar-refractivity contribution is -0.125. The number of nitrogens with one attached hydrogen (secondary N) is 1. The highest BCUT2D eigenvalue weighted by atomic mass is 16.5. The van der Waals surface area contributed by atoms with Gasteiger partial charge in [0.25, 0.3) is 0 Å². The van der Waals surface area contributed by atoms with Gasteiger partial charge in [0.2, 0.25) is 5.91 Å². The van der Waals surface area contributed by atoms with Crippen LogP contribution in [0.4, 0.5) is 4.79 Å². The third-order valence-corrected chi connectivity index (χ3v) is 3.83. The van der Waals surface area contributed by atoms with E-state index in [1.54, 1.807) is 14.0 Å². The van der Waals surface area contributed by atoms with Crippen LogP contribution < -0.4 is 10.1 Å². The fourth-order valence-corrected chi connectivity index (χ4v) is 2.34. The molecule has 0 saturated heterocycles. The summed E-state index contributed by atoms with van der Waals surface area (Å²) in [7, 11) is 2.87. The normalized spacial score (nSPS) is 15.3. The Bertz CT molecular complexity index is 525. The topological polar surface area (TPSA) is 67.9 Å². The molecule has 2 rings (SSSR count). The Labute approximate surface area is 130 Å². The number of carbonyl (C=O) groups excluding carboxylic acids is 2. The van der Waals surface area contributed by atoms with Crippen molar-refractivity contribution < 1.29 is 19.1 Å². The lowest BCUT2D eigenvalue weighted by Gasteiger charge is -2.28. The number of carbonyl (C=O) groups is 2. The van der Waals surface area contributed by atoms with Crippen molar-refractivity contribution in [3.8, 4) is 5.75 Å². The van der Waals surface area contributed by atoms with E-state index < -0.39 is 12.1 Å². The summed E-state index contributed by atoms with van der Waals surface area (Å²) in [5, 5.41) is 2.23. The maximum Gasteiger partial charge on any atom is 0.413 e. The summed E-state index contributed by atoms with van der Waals surface area (Å²) < 4.78 is 9.61. The zero-order valence-electron chi connectivity index (χ0n) is 13.2. The van der Waals surface area contributed by atoms with Crippen LogP contribution in [0.1, 0.15) is 25.3 Å². The number of benzene rings is 1. The Morgan fingerprint density at radius 2 is 1.91 bits per heavy atom. The average molecular weight is 306 g/mol. The number of ether oxygens (including phenoxy) is 2. The number of methoxy groups -OCH3 is 2. The minimum Gasteiger partial charge on any atom is -0.497 e. The monoisotopic (exact) mass is 306 g/mol. The van der Waals surface area contributed by atoms with Crippen molar-refractivity contribution in [2.75, 3.05) is 14.2 Å². The maximum absolute atomic E-state index is 12.1. The van der Waals surface area contributed by atoms with Gasteiger partial charge in [-0.05, 0) is 37.5 Å². The number of nitrogens with zero attached hydrogens (tertiary/aromatic N) is 1. The molecule has 1 aromatic rings. The molecule has 1 N–H and O–H groups in total. The molecule has 2 amide bonds. The SMILES string of the molecule is COC(=O)NC(=O)[C@H](C)N(Cc1ccc(OC)cc1)C1CC1. The van der Waals surface area contributed by atoms with E-state index in [4.69, 9.17) is 4.74 Å². The molecule has 1 aromatic carbocycles. The molecule has 6 nitrogen and oxygen atoms in total. The van der Waals surface area contributed by atoms with Gasteiger partial charge in [0.05, 0.1) is 20.3 Å². The average Bonchev–Trinajstić information content (AvgIpc) is 3.37. The molecule has 0 bridgehead atoms. The Balaban J connectivity index is 2.02. The number of imide groups is 1.